The van der Waals surface area contributed by atoms with Crippen LogP contribution in [-0.4, -0.2) is 24.5 Å². The highest BCUT2D eigenvalue weighted by Gasteiger charge is 2.18. The molecule has 0 fully saturated rings. The van der Waals surface area contributed by atoms with E-state index in [0.717, 1.165) is 11.3 Å². The van der Waals surface area contributed by atoms with E-state index in [1.807, 2.05) is 0 Å². The van der Waals surface area contributed by atoms with Crippen LogP contribution in [0.3, 0.4) is 0 Å². The van der Waals surface area contributed by atoms with Crippen molar-refractivity contribution in [3.8, 4) is 11.5 Å². The molecule has 152 valence electrons. The van der Waals surface area contributed by atoms with Crippen LogP contribution in [-0.2, 0) is 10.0 Å². The summed E-state index contributed by atoms with van der Waals surface area (Å²) in [4.78, 5) is 16.8. The molecule has 0 atom stereocenters. The molecule has 30 heavy (non-hydrogen) atoms. The second-order valence-corrected chi connectivity index (χ2v) is 9.12. The summed E-state index contributed by atoms with van der Waals surface area (Å²) in [6.45, 7) is 1.72. The van der Waals surface area contributed by atoms with Gasteiger partial charge in [-0.05, 0) is 54.8 Å². The molecule has 2 heterocycles. The predicted octanol–water partition coefficient (Wildman–Crippen LogP) is 4.16. The van der Waals surface area contributed by atoms with Gasteiger partial charge in [-0.3, -0.25) is 9.52 Å². The van der Waals surface area contributed by atoms with E-state index in [1.165, 1.54) is 6.07 Å². The maximum Gasteiger partial charge on any atom is 0.271 e. The van der Waals surface area contributed by atoms with Gasteiger partial charge in [-0.15, -0.1) is 11.3 Å². The highest BCUT2D eigenvalue weighted by atomic mass is 32.2. The largest absolute Gasteiger partial charge is 0.334 e. The Kier molecular flexibility index (Phi) is 5.34. The zero-order valence-electron chi connectivity index (χ0n) is 15.7. The van der Waals surface area contributed by atoms with Gasteiger partial charge in [0.1, 0.15) is 4.21 Å². The Labute approximate surface area is 176 Å². The number of carbonyl (C=O) groups excluding carboxylic acids is 1. The Morgan fingerprint density at radius 2 is 1.73 bits per heavy atom. The maximum atomic E-state index is 12.7. The van der Waals surface area contributed by atoms with E-state index in [4.69, 9.17) is 4.52 Å². The number of benzene rings is 2. The van der Waals surface area contributed by atoms with E-state index < -0.39 is 10.0 Å². The number of para-hydroxylation sites is 2. The SMILES string of the molecule is Cc1noc(-c2ccc(C(=O)Nc3ccccc3NS(=O)(=O)c3cccs3)cc2)n1. The standard InChI is InChI=1S/C20H16N4O4S2/c1-13-21-20(28-23-13)15-10-8-14(9-11-15)19(25)22-16-5-2-3-6-17(16)24-30(26,27)18-7-4-12-29-18/h2-12,24H,1H3,(H,22,25). The molecule has 0 spiro atoms. The number of aryl methyl sites for hydroxylation is 1. The summed E-state index contributed by atoms with van der Waals surface area (Å²) in [5.74, 6) is 0.507. The third-order valence-corrected chi connectivity index (χ3v) is 6.86. The molecule has 0 aliphatic heterocycles. The lowest BCUT2D eigenvalue weighted by Gasteiger charge is -2.13. The van der Waals surface area contributed by atoms with Crippen molar-refractivity contribution >= 4 is 38.6 Å². The molecule has 0 radical (unpaired) electrons. The van der Waals surface area contributed by atoms with E-state index in [0.29, 0.717) is 28.5 Å². The van der Waals surface area contributed by atoms with Gasteiger partial charge in [0.25, 0.3) is 21.8 Å². The fourth-order valence-electron chi connectivity index (χ4n) is 2.67. The fraction of sp³-hybridized carbons (Fsp3) is 0.0500. The van der Waals surface area contributed by atoms with Crippen LogP contribution in [0, 0.1) is 6.92 Å². The molecular weight excluding hydrogens is 424 g/mol. The van der Waals surface area contributed by atoms with Gasteiger partial charge >= 0.3 is 0 Å². The monoisotopic (exact) mass is 440 g/mol. The number of amides is 1. The Bertz CT molecular complexity index is 1280. The highest BCUT2D eigenvalue weighted by molar-refractivity contribution is 7.94. The van der Waals surface area contributed by atoms with E-state index in [1.54, 1.807) is 66.9 Å². The lowest BCUT2D eigenvalue weighted by atomic mass is 10.1. The molecule has 1 amide bonds. The van der Waals surface area contributed by atoms with Gasteiger partial charge in [-0.2, -0.15) is 4.98 Å². The number of nitrogens with one attached hydrogen (secondary N) is 2. The van der Waals surface area contributed by atoms with E-state index in [-0.39, 0.29) is 15.8 Å². The van der Waals surface area contributed by atoms with Crippen LogP contribution >= 0.6 is 11.3 Å². The van der Waals surface area contributed by atoms with Crippen molar-refractivity contribution in [1.82, 2.24) is 10.1 Å². The molecule has 0 saturated heterocycles. The minimum Gasteiger partial charge on any atom is -0.334 e. The first-order chi connectivity index (χ1) is 14.4. The lowest BCUT2D eigenvalue weighted by Crippen LogP contribution is -2.16. The topological polar surface area (TPSA) is 114 Å². The van der Waals surface area contributed by atoms with Crippen LogP contribution in [0.5, 0.6) is 0 Å². The van der Waals surface area contributed by atoms with Crippen molar-refractivity contribution in [2.75, 3.05) is 10.0 Å². The Morgan fingerprint density at radius 1 is 1.00 bits per heavy atom. The summed E-state index contributed by atoms with van der Waals surface area (Å²) in [5.41, 5.74) is 1.71. The normalized spacial score (nSPS) is 11.2. The Morgan fingerprint density at radius 3 is 2.37 bits per heavy atom. The van der Waals surface area contributed by atoms with E-state index in [2.05, 4.69) is 20.2 Å². The average molecular weight is 441 g/mol. The first-order valence-electron chi connectivity index (χ1n) is 8.80. The van der Waals surface area contributed by atoms with E-state index >= 15 is 0 Å². The van der Waals surface area contributed by atoms with Gasteiger partial charge in [-0.25, -0.2) is 8.42 Å². The zero-order chi connectivity index (χ0) is 21.1. The van der Waals surface area contributed by atoms with Crippen molar-refractivity contribution in [3.63, 3.8) is 0 Å². The van der Waals surface area contributed by atoms with Crippen LogP contribution in [0.1, 0.15) is 16.2 Å². The number of carbonyl (C=O) groups is 1. The highest BCUT2D eigenvalue weighted by Crippen LogP contribution is 2.27. The molecule has 2 N–H and O–H groups in total. The molecule has 0 saturated carbocycles. The van der Waals surface area contributed by atoms with Gasteiger partial charge in [0, 0.05) is 11.1 Å². The Balaban J connectivity index is 1.53. The van der Waals surface area contributed by atoms with Crippen LogP contribution < -0.4 is 10.0 Å². The van der Waals surface area contributed by atoms with Crippen LogP contribution in [0.25, 0.3) is 11.5 Å². The number of sulfonamides is 1. The number of aromatic nitrogens is 2. The first kappa shape index (κ1) is 19.8. The number of nitrogens with zero attached hydrogens (tertiary/aromatic N) is 2. The number of thiophene rings is 1. The summed E-state index contributed by atoms with van der Waals surface area (Å²) in [6, 6.07) is 16.4. The summed E-state index contributed by atoms with van der Waals surface area (Å²) in [6.07, 6.45) is 0. The average Bonchev–Trinajstić information content (AvgIpc) is 3.42. The third-order valence-electron chi connectivity index (χ3n) is 4.10. The molecule has 0 aliphatic rings. The number of hydrogen-bond donors (Lipinski definition) is 2. The fourth-order valence-corrected chi connectivity index (χ4v) is 4.74. The van der Waals surface area contributed by atoms with Crippen LogP contribution in [0.4, 0.5) is 11.4 Å². The molecule has 2 aromatic carbocycles. The Hall–Kier alpha value is -3.50. The molecule has 2 aromatic heterocycles. The molecule has 0 unspecified atom stereocenters. The molecular formula is C20H16N4O4S2. The minimum absolute atomic E-state index is 0.190. The van der Waals surface area contributed by atoms with Crippen molar-refractivity contribution in [3.05, 3.63) is 77.4 Å². The molecule has 0 aliphatic carbocycles. The smallest absolute Gasteiger partial charge is 0.271 e. The second-order valence-electron chi connectivity index (χ2n) is 6.26. The van der Waals surface area contributed by atoms with Crippen molar-refractivity contribution < 1.29 is 17.7 Å². The number of hydrogen-bond acceptors (Lipinski definition) is 7. The lowest BCUT2D eigenvalue weighted by molar-refractivity contribution is 0.102. The third kappa shape index (κ3) is 4.24. The van der Waals surface area contributed by atoms with Crippen molar-refractivity contribution in [2.24, 2.45) is 0 Å². The molecule has 4 rings (SSSR count). The summed E-state index contributed by atoms with van der Waals surface area (Å²) < 4.78 is 32.8. The van der Waals surface area contributed by atoms with Gasteiger partial charge < -0.3 is 9.84 Å². The van der Waals surface area contributed by atoms with Gasteiger partial charge in [0.15, 0.2) is 5.82 Å². The zero-order valence-corrected chi connectivity index (χ0v) is 17.3. The van der Waals surface area contributed by atoms with Crippen LogP contribution in [0.15, 0.2) is 74.8 Å². The summed E-state index contributed by atoms with van der Waals surface area (Å²) in [5, 5.41) is 8.17. The molecule has 4 aromatic rings. The van der Waals surface area contributed by atoms with Crippen molar-refractivity contribution in [1.29, 1.82) is 0 Å². The summed E-state index contributed by atoms with van der Waals surface area (Å²) >= 11 is 1.11. The molecule has 8 nitrogen and oxygen atoms in total. The predicted molar refractivity (Wildman–Crippen MR) is 114 cm³/mol. The van der Waals surface area contributed by atoms with Gasteiger partial charge in [-0.1, -0.05) is 23.4 Å². The van der Waals surface area contributed by atoms with E-state index in [9.17, 15) is 13.2 Å². The minimum atomic E-state index is -3.73. The van der Waals surface area contributed by atoms with Gasteiger partial charge in [0.05, 0.1) is 11.4 Å². The molecule has 0 bridgehead atoms. The number of anilines is 2. The van der Waals surface area contributed by atoms with Gasteiger partial charge in [0.2, 0.25) is 0 Å². The van der Waals surface area contributed by atoms with Crippen LogP contribution in [0.2, 0.25) is 0 Å². The maximum absolute atomic E-state index is 12.7. The second kappa shape index (κ2) is 8.09. The summed E-state index contributed by atoms with van der Waals surface area (Å²) in [7, 11) is -3.73. The molecule has 10 heteroatoms. The van der Waals surface area contributed by atoms with Crippen molar-refractivity contribution in [2.45, 2.75) is 11.1 Å². The number of rotatable bonds is 6. The first-order valence-corrected chi connectivity index (χ1v) is 11.2. The quantitative estimate of drug-likeness (QED) is 0.465.